The zero-order chi connectivity index (χ0) is 15.5. The number of hydrogen-bond acceptors (Lipinski definition) is 4. The van der Waals surface area contributed by atoms with Crippen LogP contribution in [0.2, 0.25) is 0 Å². The van der Waals surface area contributed by atoms with Gasteiger partial charge in [-0.3, -0.25) is 4.79 Å². The second-order valence-electron chi connectivity index (χ2n) is 4.53. The van der Waals surface area contributed by atoms with Gasteiger partial charge in [-0.05, 0) is 38.1 Å². The summed E-state index contributed by atoms with van der Waals surface area (Å²) >= 11 is 0. The molecule has 20 heavy (non-hydrogen) atoms. The van der Waals surface area contributed by atoms with Gasteiger partial charge in [0.25, 0.3) is 0 Å². The number of carbonyl (C=O) groups is 1. The number of hydrogen-bond donors (Lipinski definition) is 2. The lowest BCUT2D eigenvalue weighted by Crippen LogP contribution is -2.46. The highest BCUT2D eigenvalue weighted by atomic mass is 32.2. The Bertz CT molecular complexity index is 568. The number of rotatable bonds is 6. The van der Waals surface area contributed by atoms with Crippen LogP contribution in [-0.4, -0.2) is 48.5 Å². The highest BCUT2D eigenvalue weighted by Crippen LogP contribution is 2.23. The number of aliphatic carboxylic acids is 1. The van der Waals surface area contributed by atoms with Crippen molar-refractivity contribution in [2.45, 2.75) is 19.9 Å². The van der Waals surface area contributed by atoms with Crippen LogP contribution in [0.25, 0.3) is 0 Å². The van der Waals surface area contributed by atoms with Gasteiger partial charge in [-0.15, -0.1) is 0 Å². The summed E-state index contributed by atoms with van der Waals surface area (Å²) in [5.74, 6) is -1.29. The summed E-state index contributed by atoms with van der Waals surface area (Å²) < 4.78 is 26.7. The van der Waals surface area contributed by atoms with Crippen LogP contribution in [0.4, 0.5) is 5.69 Å². The van der Waals surface area contributed by atoms with Crippen LogP contribution in [0, 0.1) is 0 Å². The Labute approximate surface area is 118 Å². The van der Waals surface area contributed by atoms with Gasteiger partial charge >= 0.3 is 16.2 Å². The number of benzene rings is 1. The molecule has 2 N–H and O–H groups in total. The minimum absolute atomic E-state index is 0.0290. The van der Waals surface area contributed by atoms with E-state index in [1.807, 2.05) is 0 Å². The second kappa shape index (κ2) is 6.10. The van der Waals surface area contributed by atoms with Crippen molar-refractivity contribution in [3.05, 3.63) is 24.3 Å². The Morgan fingerprint density at radius 3 is 2.15 bits per heavy atom. The summed E-state index contributed by atoms with van der Waals surface area (Å²) in [4.78, 5) is 10.9. The number of anilines is 1. The van der Waals surface area contributed by atoms with Gasteiger partial charge in [0, 0.05) is 13.1 Å². The average molecular weight is 302 g/mol. The molecule has 8 heteroatoms. The van der Waals surface area contributed by atoms with E-state index in [2.05, 4.69) is 0 Å². The molecule has 0 radical (unpaired) electrons. The Hall–Kier alpha value is -1.80. The van der Waals surface area contributed by atoms with E-state index in [1.54, 1.807) is 13.8 Å². The zero-order valence-corrected chi connectivity index (χ0v) is 12.3. The van der Waals surface area contributed by atoms with Crippen LogP contribution in [0.5, 0.6) is 5.75 Å². The number of carboxylic acids is 1. The molecule has 1 aromatic carbocycles. The Kier molecular flexibility index (Phi) is 4.96. The first kappa shape index (κ1) is 16.3. The van der Waals surface area contributed by atoms with E-state index in [9.17, 15) is 18.3 Å². The summed E-state index contributed by atoms with van der Waals surface area (Å²) in [7, 11) is -2.57. The number of nitrogens with zero attached hydrogens (tertiary/aromatic N) is 2. The number of phenolic OH excluding ortho intramolecular Hbond substituents is 1. The van der Waals surface area contributed by atoms with Gasteiger partial charge in [-0.25, -0.2) is 4.31 Å². The third kappa shape index (κ3) is 3.61. The molecule has 0 heterocycles. The molecule has 0 fully saturated rings. The normalized spacial score (nSPS) is 11.8. The number of aromatic hydroxyl groups is 1. The van der Waals surface area contributed by atoms with Crippen molar-refractivity contribution < 1.29 is 23.4 Å². The van der Waals surface area contributed by atoms with Crippen LogP contribution in [0.1, 0.15) is 13.8 Å². The fourth-order valence-electron chi connectivity index (χ4n) is 1.47. The van der Waals surface area contributed by atoms with Crippen molar-refractivity contribution in [1.29, 1.82) is 0 Å². The predicted molar refractivity (Wildman–Crippen MR) is 74.9 cm³/mol. The van der Waals surface area contributed by atoms with Crippen molar-refractivity contribution >= 4 is 21.9 Å². The summed E-state index contributed by atoms with van der Waals surface area (Å²) in [6.45, 7) is 2.69. The van der Waals surface area contributed by atoms with Gasteiger partial charge in [0.05, 0.1) is 5.69 Å². The lowest BCUT2D eigenvalue weighted by molar-refractivity contribution is -0.135. The van der Waals surface area contributed by atoms with Crippen molar-refractivity contribution in [2.24, 2.45) is 0 Å². The molecule has 0 aliphatic heterocycles. The van der Waals surface area contributed by atoms with Crippen LogP contribution >= 0.6 is 0 Å². The molecule has 0 bridgehead atoms. The fraction of sp³-hybridized carbons (Fsp3) is 0.417. The molecule has 0 amide bonds. The van der Waals surface area contributed by atoms with Gasteiger partial charge < -0.3 is 10.2 Å². The smallest absolute Gasteiger partial charge is 0.324 e. The molecule has 0 atom stereocenters. The van der Waals surface area contributed by atoms with E-state index in [4.69, 9.17) is 5.11 Å². The predicted octanol–water partition coefficient (Wildman–Crippen LogP) is 0.868. The Morgan fingerprint density at radius 1 is 1.25 bits per heavy atom. The van der Waals surface area contributed by atoms with E-state index in [0.29, 0.717) is 0 Å². The summed E-state index contributed by atoms with van der Waals surface area (Å²) in [6, 6.07) is 4.99. The maximum absolute atomic E-state index is 12.4. The summed E-state index contributed by atoms with van der Waals surface area (Å²) in [5, 5.41) is 18.1. The molecule has 112 valence electrons. The fourth-order valence-corrected chi connectivity index (χ4v) is 2.98. The summed E-state index contributed by atoms with van der Waals surface area (Å²) in [5.41, 5.74) is 0.178. The van der Waals surface area contributed by atoms with Crippen LogP contribution in [-0.2, 0) is 15.0 Å². The maximum atomic E-state index is 12.4. The van der Waals surface area contributed by atoms with Gasteiger partial charge in [0.1, 0.15) is 12.3 Å². The van der Waals surface area contributed by atoms with E-state index >= 15 is 0 Å². The molecule has 0 spiro atoms. The highest BCUT2D eigenvalue weighted by Gasteiger charge is 2.30. The van der Waals surface area contributed by atoms with Crippen molar-refractivity contribution in [1.82, 2.24) is 4.31 Å². The average Bonchev–Trinajstić information content (AvgIpc) is 2.35. The van der Waals surface area contributed by atoms with Crippen molar-refractivity contribution in [3.63, 3.8) is 0 Å². The van der Waals surface area contributed by atoms with Gasteiger partial charge in [-0.1, -0.05) is 0 Å². The minimum atomic E-state index is -3.96. The molecule has 0 saturated carbocycles. The molecule has 7 nitrogen and oxygen atoms in total. The minimum Gasteiger partial charge on any atom is -0.508 e. The largest absolute Gasteiger partial charge is 0.508 e. The van der Waals surface area contributed by atoms with Crippen molar-refractivity contribution in [2.75, 3.05) is 17.9 Å². The first-order valence-electron chi connectivity index (χ1n) is 5.92. The topological polar surface area (TPSA) is 98.2 Å². The van der Waals surface area contributed by atoms with E-state index < -0.39 is 22.7 Å². The molecular formula is C12H18N2O5S. The second-order valence-corrected chi connectivity index (χ2v) is 6.45. The zero-order valence-electron chi connectivity index (χ0n) is 11.5. The quantitative estimate of drug-likeness (QED) is 0.812. The van der Waals surface area contributed by atoms with Crippen molar-refractivity contribution in [3.8, 4) is 5.75 Å². The third-order valence-corrected chi connectivity index (χ3v) is 4.83. The van der Waals surface area contributed by atoms with E-state index in [1.165, 1.54) is 31.3 Å². The van der Waals surface area contributed by atoms with Gasteiger partial charge in [0.15, 0.2) is 0 Å². The summed E-state index contributed by atoms with van der Waals surface area (Å²) in [6.07, 6.45) is 0. The monoisotopic (exact) mass is 302 g/mol. The highest BCUT2D eigenvalue weighted by molar-refractivity contribution is 7.90. The molecule has 1 rings (SSSR count). The van der Waals surface area contributed by atoms with E-state index in [-0.39, 0.29) is 17.5 Å². The lowest BCUT2D eigenvalue weighted by Gasteiger charge is -2.30. The van der Waals surface area contributed by atoms with Crippen LogP contribution in [0.15, 0.2) is 24.3 Å². The third-order valence-electron chi connectivity index (χ3n) is 2.79. The van der Waals surface area contributed by atoms with E-state index in [0.717, 1.165) is 8.61 Å². The Balaban J connectivity index is 3.25. The first-order valence-corrected chi connectivity index (χ1v) is 7.32. The maximum Gasteiger partial charge on any atom is 0.324 e. The lowest BCUT2D eigenvalue weighted by atomic mass is 10.3. The van der Waals surface area contributed by atoms with Gasteiger partial charge in [-0.2, -0.15) is 12.7 Å². The van der Waals surface area contributed by atoms with Crippen LogP contribution < -0.4 is 4.31 Å². The molecular weight excluding hydrogens is 284 g/mol. The molecule has 0 aromatic heterocycles. The standard InChI is InChI=1S/C12H18N2O5S/c1-9(2)13(3)20(18,19)14(8-12(16)17)10-4-6-11(15)7-5-10/h4-7,9,15H,8H2,1-3H3,(H,16,17). The molecule has 0 saturated heterocycles. The number of carboxylic acid groups (broad SMARTS) is 1. The van der Waals surface area contributed by atoms with Crippen LogP contribution in [0.3, 0.4) is 0 Å². The number of phenols is 1. The SMILES string of the molecule is CC(C)N(C)S(=O)(=O)N(CC(=O)O)c1ccc(O)cc1. The molecule has 1 aromatic rings. The van der Waals surface area contributed by atoms with Gasteiger partial charge in [0.2, 0.25) is 0 Å². The molecule has 0 aliphatic rings. The first-order chi connectivity index (χ1) is 9.16. The molecule has 0 aliphatic carbocycles. The Morgan fingerprint density at radius 2 is 1.75 bits per heavy atom. The molecule has 0 unspecified atom stereocenters.